The minimum absolute atomic E-state index is 0. The smallest absolute Gasteiger partial charge is 0.223 e. The summed E-state index contributed by atoms with van der Waals surface area (Å²) in [4.78, 5) is 24.2. The fourth-order valence-corrected chi connectivity index (χ4v) is 4.17. The van der Waals surface area contributed by atoms with Gasteiger partial charge in [0.25, 0.3) is 0 Å². The van der Waals surface area contributed by atoms with Crippen molar-refractivity contribution in [1.82, 2.24) is 20.0 Å². The van der Waals surface area contributed by atoms with Crippen molar-refractivity contribution < 1.29 is 4.79 Å². The Balaban J connectivity index is 0.00000320. The van der Waals surface area contributed by atoms with Gasteiger partial charge in [0.05, 0.1) is 0 Å². The van der Waals surface area contributed by atoms with E-state index < -0.39 is 0 Å². The third-order valence-electron chi connectivity index (χ3n) is 5.63. The second-order valence-electron chi connectivity index (χ2n) is 8.54. The highest BCUT2D eigenvalue weighted by Gasteiger charge is 2.22. The summed E-state index contributed by atoms with van der Waals surface area (Å²) < 4.78 is 0. The first kappa shape index (κ1) is 24.9. The van der Waals surface area contributed by atoms with Crippen molar-refractivity contribution in [3.05, 3.63) is 35.4 Å². The van der Waals surface area contributed by atoms with Crippen LogP contribution in [0, 0.1) is 5.92 Å². The van der Waals surface area contributed by atoms with E-state index in [2.05, 4.69) is 48.0 Å². The zero-order chi connectivity index (χ0) is 20.6. The highest BCUT2D eigenvalue weighted by Crippen LogP contribution is 2.22. The molecule has 3 rings (SSSR count). The molecular formula is C23H38IN5O. The molecule has 30 heavy (non-hydrogen) atoms. The van der Waals surface area contributed by atoms with Crippen LogP contribution in [0.1, 0.15) is 44.7 Å². The molecule has 1 aromatic carbocycles. The fraction of sp³-hybridized carbons (Fsp3) is 0.652. The van der Waals surface area contributed by atoms with E-state index in [0.717, 1.165) is 58.2 Å². The number of guanidine groups is 1. The lowest BCUT2D eigenvalue weighted by Gasteiger charge is -2.37. The Hall–Kier alpha value is -1.35. The largest absolute Gasteiger partial charge is 0.357 e. The number of benzene rings is 1. The van der Waals surface area contributed by atoms with Crippen LogP contribution in [0.3, 0.4) is 0 Å². The predicted molar refractivity (Wildman–Crippen MR) is 134 cm³/mol. The van der Waals surface area contributed by atoms with Gasteiger partial charge in [0.2, 0.25) is 5.91 Å². The Morgan fingerprint density at radius 2 is 1.70 bits per heavy atom. The molecule has 0 radical (unpaired) electrons. The summed E-state index contributed by atoms with van der Waals surface area (Å²) in [6.07, 6.45) is 1.37. The Kier molecular flexibility index (Phi) is 10.4. The Bertz CT molecular complexity index is 676. The number of aliphatic imine (C=N–C) groups is 1. The molecule has 1 saturated heterocycles. The van der Waals surface area contributed by atoms with E-state index in [9.17, 15) is 4.79 Å². The van der Waals surface area contributed by atoms with Gasteiger partial charge in [0.1, 0.15) is 0 Å². The van der Waals surface area contributed by atoms with Crippen LogP contribution in [0.15, 0.2) is 29.3 Å². The number of carbonyl (C=O) groups excluding carboxylic acids is 1. The normalized spacial score (nSPS) is 17.1. The topological polar surface area (TPSA) is 51.2 Å². The molecule has 0 saturated carbocycles. The lowest BCUT2D eigenvalue weighted by molar-refractivity contribution is -0.131. The second kappa shape index (κ2) is 12.5. The molecule has 0 aromatic heterocycles. The van der Waals surface area contributed by atoms with Crippen molar-refractivity contribution in [3.8, 4) is 0 Å². The van der Waals surface area contributed by atoms with Crippen molar-refractivity contribution in [1.29, 1.82) is 0 Å². The summed E-state index contributed by atoms with van der Waals surface area (Å²) >= 11 is 0. The molecule has 168 valence electrons. The molecule has 1 N–H and O–H groups in total. The molecule has 0 bridgehead atoms. The number of rotatable bonds is 7. The van der Waals surface area contributed by atoms with E-state index >= 15 is 0 Å². The van der Waals surface area contributed by atoms with Gasteiger partial charge in [-0.3, -0.25) is 14.7 Å². The number of hydrogen-bond donors (Lipinski definition) is 1. The van der Waals surface area contributed by atoms with Gasteiger partial charge in [-0.1, -0.05) is 38.1 Å². The van der Waals surface area contributed by atoms with Crippen molar-refractivity contribution >= 4 is 35.8 Å². The first-order valence-electron chi connectivity index (χ1n) is 11.2. The summed E-state index contributed by atoms with van der Waals surface area (Å²) in [5.74, 6) is 1.95. The number of hydrogen-bond acceptors (Lipinski definition) is 3. The van der Waals surface area contributed by atoms with Crippen LogP contribution in [-0.4, -0.2) is 72.4 Å². The van der Waals surface area contributed by atoms with Gasteiger partial charge in [-0.05, 0) is 30.4 Å². The molecule has 1 amide bonds. The number of amides is 1. The maximum Gasteiger partial charge on any atom is 0.223 e. The Morgan fingerprint density at radius 3 is 2.27 bits per heavy atom. The molecule has 1 fully saturated rings. The average molecular weight is 527 g/mol. The lowest BCUT2D eigenvalue weighted by atomic mass is 10.1. The van der Waals surface area contributed by atoms with Crippen LogP contribution >= 0.6 is 24.0 Å². The van der Waals surface area contributed by atoms with Gasteiger partial charge >= 0.3 is 0 Å². The summed E-state index contributed by atoms with van der Waals surface area (Å²) in [6.45, 7) is 15.1. The first-order chi connectivity index (χ1) is 14.1. The van der Waals surface area contributed by atoms with Crippen LogP contribution in [-0.2, 0) is 17.9 Å². The second-order valence-corrected chi connectivity index (χ2v) is 8.54. The molecular weight excluding hydrogens is 489 g/mol. The summed E-state index contributed by atoms with van der Waals surface area (Å²) in [6, 6.07) is 8.34. The minimum atomic E-state index is 0. The molecule has 6 nitrogen and oxygen atoms in total. The summed E-state index contributed by atoms with van der Waals surface area (Å²) in [7, 11) is 0. The van der Waals surface area contributed by atoms with Gasteiger partial charge in [-0.15, -0.1) is 24.0 Å². The first-order valence-corrected chi connectivity index (χ1v) is 11.2. The fourth-order valence-electron chi connectivity index (χ4n) is 4.17. The van der Waals surface area contributed by atoms with Crippen molar-refractivity contribution in [3.63, 3.8) is 0 Å². The molecule has 0 atom stereocenters. The van der Waals surface area contributed by atoms with E-state index in [0.29, 0.717) is 18.9 Å². The zero-order valence-corrected chi connectivity index (χ0v) is 21.1. The van der Waals surface area contributed by atoms with Crippen molar-refractivity contribution in [2.24, 2.45) is 10.9 Å². The molecule has 7 heteroatoms. The SMILES string of the molecule is CCNC(=NCCCC(=O)N1Cc2ccccc2C1)N1CCN(CC(C)C)CC1.I. The Morgan fingerprint density at radius 1 is 1.07 bits per heavy atom. The van der Waals surface area contributed by atoms with Crippen LogP contribution in [0.4, 0.5) is 0 Å². The van der Waals surface area contributed by atoms with E-state index in [1.807, 2.05) is 17.0 Å². The standard InChI is InChI=1S/C23H37N5O.HI/c1-4-24-23(27-14-12-26(13-15-27)16-19(2)3)25-11-7-10-22(29)28-17-20-8-5-6-9-21(20)18-28;/h5-6,8-9,19H,4,7,10-18H2,1-3H3,(H,24,25);1H. The van der Waals surface area contributed by atoms with Gasteiger partial charge in [0.15, 0.2) is 5.96 Å². The van der Waals surface area contributed by atoms with E-state index in [4.69, 9.17) is 4.99 Å². The maximum atomic E-state index is 12.6. The van der Waals surface area contributed by atoms with Gasteiger partial charge < -0.3 is 15.1 Å². The number of piperazine rings is 1. The van der Waals surface area contributed by atoms with Gasteiger partial charge in [-0.2, -0.15) is 0 Å². The summed E-state index contributed by atoms with van der Waals surface area (Å²) in [5.41, 5.74) is 2.56. The third-order valence-corrected chi connectivity index (χ3v) is 5.63. The van der Waals surface area contributed by atoms with Crippen molar-refractivity contribution in [2.45, 2.75) is 46.7 Å². The Labute approximate surface area is 199 Å². The monoisotopic (exact) mass is 527 g/mol. The van der Waals surface area contributed by atoms with Gasteiger partial charge in [-0.25, -0.2) is 0 Å². The molecule has 2 aliphatic rings. The van der Waals surface area contributed by atoms with Crippen molar-refractivity contribution in [2.75, 3.05) is 45.8 Å². The molecule has 2 heterocycles. The highest BCUT2D eigenvalue weighted by atomic mass is 127. The maximum absolute atomic E-state index is 12.6. The number of nitrogens with one attached hydrogen (secondary N) is 1. The van der Waals surface area contributed by atoms with Crippen LogP contribution in [0.25, 0.3) is 0 Å². The minimum Gasteiger partial charge on any atom is -0.357 e. The quantitative estimate of drug-likeness (QED) is 0.256. The molecule has 0 aliphatic carbocycles. The molecule has 0 unspecified atom stereocenters. The number of carbonyl (C=O) groups is 1. The van der Waals surface area contributed by atoms with Gasteiger partial charge in [0, 0.05) is 65.3 Å². The molecule has 0 spiro atoms. The zero-order valence-electron chi connectivity index (χ0n) is 18.8. The third kappa shape index (κ3) is 7.11. The van der Waals surface area contributed by atoms with Crippen LogP contribution in [0.5, 0.6) is 0 Å². The van der Waals surface area contributed by atoms with Crippen LogP contribution in [0.2, 0.25) is 0 Å². The number of halogens is 1. The van der Waals surface area contributed by atoms with E-state index in [1.165, 1.54) is 17.7 Å². The highest BCUT2D eigenvalue weighted by molar-refractivity contribution is 14.0. The molecule has 2 aliphatic heterocycles. The van der Waals surface area contributed by atoms with E-state index in [-0.39, 0.29) is 29.9 Å². The van der Waals surface area contributed by atoms with E-state index in [1.54, 1.807) is 0 Å². The predicted octanol–water partition coefficient (Wildman–Crippen LogP) is 3.17. The number of fused-ring (bicyclic) bond motifs is 1. The number of nitrogens with zero attached hydrogens (tertiary/aromatic N) is 4. The molecule has 1 aromatic rings. The average Bonchev–Trinajstić information content (AvgIpc) is 3.15. The summed E-state index contributed by atoms with van der Waals surface area (Å²) in [5, 5.41) is 3.43. The van der Waals surface area contributed by atoms with Crippen LogP contribution < -0.4 is 5.32 Å². The lowest BCUT2D eigenvalue weighted by Crippen LogP contribution is -2.53.